The van der Waals surface area contributed by atoms with Crippen LogP contribution >= 0.6 is 11.3 Å². The Balaban J connectivity index is 1.88. The van der Waals surface area contributed by atoms with Crippen LogP contribution in [0.3, 0.4) is 0 Å². The quantitative estimate of drug-likeness (QED) is 0.866. The van der Waals surface area contributed by atoms with Crippen molar-refractivity contribution in [2.75, 3.05) is 13.1 Å². The fraction of sp³-hybridized carbons (Fsp3) is 0.278. The van der Waals surface area contributed by atoms with Gasteiger partial charge in [0.15, 0.2) is 0 Å². The van der Waals surface area contributed by atoms with Gasteiger partial charge in [0.2, 0.25) is 5.78 Å². The summed E-state index contributed by atoms with van der Waals surface area (Å²) in [7, 11) is 0. The Morgan fingerprint density at radius 2 is 1.83 bits per heavy atom. The highest BCUT2D eigenvalue weighted by Gasteiger charge is 2.30. The fourth-order valence-electron chi connectivity index (χ4n) is 2.94. The van der Waals surface area contributed by atoms with Crippen LogP contribution in [0, 0.1) is 5.92 Å². The molecule has 1 saturated heterocycles. The van der Waals surface area contributed by atoms with Gasteiger partial charge in [0.25, 0.3) is 5.91 Å². The summed E-state index contributed by atoms with van der Waals surface area (Å²) in [4.78, 5) is 38.8. The van der Waals surface area contributed by atoms with E-state index in [2.05, 4.69) is 0 Å². The molecule has 0 aliphatic carbocycles. The van der Waals surface area contributed by atoms with Crippen molar-refractivity contribution in [1.29, 1.82) is 0 Å². The second-order valence-corrected chi connectivity index (χ2v) is 6.73. The average Bonchev–Trinajstić information content (AvgIpc) is 3.15. The minimum atomic E-state index is -0.879. The zero-order valence-electron chi connectivity index (χ0n) is 13.0. The molecule has 0 bridgehead atoms. The highest BCUT2D eigenvalue weighted by molar-refractivity contribution is 7.12. The van der Waals surface area contributed by atoms with Crippen LogP contribution in [0.15, 0.2) is 41.8 Å². The van der Waals surface area contributed by atoms with E-state index < -0.39 is 11.9 Å². The third kappa shape index (κ3) is 3.23. The molecule has 1 N–H and O–H groups in total. The van der Waals surface area contributed by atoms with Crippen molar-refractivity contribution in [2.45, 2.75) is 12.8 Å². The molecule has 3 rings (SSSR count). The second kappa shape index (κ2) is 6.97. The molecule has 1 aromatic carbocycles. The molecule has 0 saturated carbocycles. The van der Waals surface area contributed by atoms with Gasteiger partial charge in [-0.15, -0.1) is 11.3 Å². The Hall–Kier alpha value is -2.47. The highest BCUT2D eigenvalue weighted by atomic mass is 32.1. The molecule has 2 heterocycles. The Morgan fingerprint density at radius 3 is 2.50 bits per heavy atom. The first-order valence-electron chi connectivity index (χ1n) is 7.77. The van der Waals surface area contributed by atoms with Gasteiger partial charge in [0, 0.05) is 18.7 Å². The predicted molar refractivity (Wildman–Crippen MR) is 90.5 cm³/mol. The van der Waals surface area contributed by atoms with Gasteiger partial charge in [-0.3, -0.25) is 14.4 Å². The lowest BCUT2D eigenvalue weighted by atomic mass is 9.96. The third-order valence-corrected chi connectivity index (χ3v) is 5.07. The number of nitrogens with zero attached hydrogens (tertiary/aromatic N) is 1. The molecule has 1 fully saturated rings. The first-order valence-corrected chi connectivity index (χ1v) is 8.65. The van der Waals surface area contributed by atoms with Crippen molar-refractivity contribution in [1.82, 2.24) is 4.90 Å². The Labute approximate surface area is 143 Å². The number of piperidine rings is 1. The number of carbonyl (C=O) groups excluding carboxylic acids is 2. The van der Waals surface area contributed by atoms with Gasteiger partial charge in [-0.25, -0.2) is 0 Å². The Bertz CT molecular complexity index is 769. The van der Waals surface area contributed by atoms with Crippen LogP contribution in [-0.4, -0.2) is 40.8 Å². The van der Waals surface area contributed by atoms with Gasteiger partial charge in [0.1, 0.15) is 0 Å². The van der Waals surface area contributed by atoms with Gasteiger partial charge in [-0.2, -0.15) is 0 Å². The maximum atomic E-state index is 12.8. The van der Waals surface area contributed by atoms with Crippen LogP contribution in [0.2, 0.25) is 0 Å². The number of carboxylic acids is 1. The van der Waals surface area contributed by atoms with E-state index in [-0.39, 0.29) is 18.2 Å². The zero-order chi connectivity index (χ0) is 17.1. The number of benzene rings is 1. The molecule has 1 atom stereocenters. The first-order chi connectivity index (χ1) is 11.6. The van der Waals surface area contributed by atoms with Crippen LogP contribution in [0.5, 0.6) is 0 Å². The van der Waals surface area contributed by atoms with E-state index in [1.165, 1.54) is 11.3 Å². The number of hydrogen-bond donors (Lipinski definition) is 1. The average molecular weight is 343 g/mol. The minimum Gasteiger partial charge on any atom is -0.481 e. The molecular formula is C18H17NO4S. The summed E-state index contributed by atoms with van der Waals surface area (Å²) in [6.45, 7) is 0.708. The maximum absolute atomic E-state index is 12.8. The monoisotopic (exact) mass is 343 g/mol. The molecule has 1 aliphatic heterocycles. The normalized spacial score (nSPS) is 17.5. The molecule has 0 spiro atoms. The van der Waals surface area contributed by atoms with Gasteiger partial charge in [-0.1, -0.05) is 24.3 Å². The summed E-state index contributed by atoms with van der Waals surface area (Å²) in [6.07, 6.45) is 1.23. The summed E-state index contributed by atoms with van der Waals surface area (Å²) in [5.41, 5.74) is 0.698. The van der Waals surface area contributed by atoms with Crippen molar-refractivity contribution in [2.24, 2.45) is 5.92 Å². The largest absolute Gasteiger partial charge is 0.481 e. The van der Waals surface area contributed by atoms with Crippen molar-refractivity contribution < 1.29 is 19.5 Å². The van der Waals surface area contributed by atoms with Crippen molar-refractivity contribution in [3.8, 4) is 0 Å². The molecule has 1 amide bonds. The first kappa shape index (κ1) is 16.4. The molecular weight excluding hydrogens is 326 g/mol. The summed E-state index contributed by atoms with van der Waals surface area (Å²) in [6, 6.07) is 10.3. The Morgan fingerprint density at radius 1 is 1.08 bits per heavy atom. The molecule has 5 nitrogen and oxygen atoms in total. The summed E-state index contributed by atoms with van der Waals surface area (Å²) < 4.78 is 0. The van der Waals surface area contributed by atoms with E-state index in [0.29, 0.717) is 35.4 Å². The van der Waals surface area contributed by atoms with Gasteiger partial charge < -0.3 is 10.0 Å². The van der Waals surface area contributed by atoms with E-state index in [4.69, 9.17) is 0 Å². The number of carboxylic acid groups (broad SMARTS) is 1. The number of ketones is 1. The van der Waals surface area contributed by atoms with Crippen LogP contribution in [-0.2, 0) is 4.79 Å². The number of amides is 1. The molecule has 1 aliphatic rings. The number of likely N-dealkylation sites (tertiary alicyclic amines) is 1. The predicted octanol–water partition coefficient (Wildman–Crippen LogP) is 2.92. The number of aliphatic carboxylic acids is 1. The molecule has 1 unspecified atom stereocenters. The van der Waals surface area contributed by atoms with E-state index in [0.717, 1.165) is 0 Å². The molecule has 2 aromatic rings. The van der Waals surface area contributed by atoms with Crippen molar-refractivity contribution in [3.05, 3.63) is 57.8 Å². The Kier molecular flexibility index (Phi) is 4.76. The molecule has 0 radical (unpaired) electrons. The number of hydrogen-bond acceptors (Lipinski definition) is 4. The summed E-state index contributed by atoms with van der Waals surface area (Å²) >= 11 is 1.33. The maximum Gasteiger partial charge on any atom is 0.308 e. The standard InChI is InChI=1S/C18H17NO4S/c20-16(15-8-4-10-24-15)13-6-1-2-7-14(13)17(21)19-9-3-5-12(11-19)18(22)23/h1-2,4,6-8,10,12H,3,5,9,11H2,(H,22,23). The van der Waals surface area contributed by atoms with E-state index in [9.17, 15) is 19.5 Å². The third-order valence-electron chi connectivity index (χ3n) is 4.20. The lowest BCUT2D eigenvalue weighted by molar-refractivity contribution is -0.143. The van der Waals surface area contributed by atoms with E-state index in [1.54, 1.807) is 41.3 Å². The zero-order valence-corrected chi connectivity index (χ0v) is 13.8. The van der Waals surface area contributed by atoms with E-state index in [1.807, 2.05) is 5.38 Å². The second-order valence-electron chi connectivity index (χ2n) is 5.78. The van der Waals surface area contributed by atoms with Crippen molar-refractivity contribution in [3.63, 3.8) is 0 Å². The number of carbonyl (C=O) groups is 3. The smallest absolute Gasteiger partial charge is 0.308 e. The molecule has 24 heavy (non-hydrogen) atoms. The van der Waals surface area contributed by atoms with Crippen LogP contribution in [0.1, 0.15) is 38.4 Å². The summed E-state index contributed by atoms with van der Waals surface area (Å²) in [5, 5.41) is 11.0. The van der Waals surface area contributed by atoms with Crippen LogP contribution in [0.4, 0.5) is 0 Å². The fourth-order valence-corrected chi connectivity index (χ4v) is 3.62. The van der Waals surface area contributed by atoms with Crippen molar-refractivity contribution >= 4 is 29.0 Å². The lowest BCUT2D eigenvalue weighted by Gasteiger charge is -2.31. The molecule has 124 valence electrons. The van der Waals surface area contributed by atoms with E-state index >= 15 is 0 Å². The topological polar surface area (TPSA) is 74.7 Å². The van der Waals surface area contributed by atoms with Crippen LogP contribution < -0.4 is 0 Å². The van der Waals surface area contributed by atoms with Gasteiger partial charge in [0.05, 0.1) is 16.4 Å². The highest BCUT2D eigenvalue weighted by Crippen LogP contribution is 2.23. The number of rotatable bonds is 4. The van der Waals surface area contributed by atoms with Gasteiger partial charge in [-0.05, 0) is 30.4 Å². The summed E-state index contributed by atoms with van der Waals surface area (Å²) in [5.74, 6) is -1.87. The SMILES string of the molecule is O=C(c1cccs1)c1ccccc1C(=O)N1CCCC(C(=O)O)C1. The minimum absolute atomic E-state index is 0.180. The lowest BCUT2D eigenvalue weighted by Crippen LogP contribution is -2.42. The van der Waals surface area contributed by atoms with Crippen LogP contribution in [0.25, 0.3) is 0 Å². The molecule has 1 aromatic heterocycles. The van der Waals surface area contributed by atoms with Gasteiger partial charge >= 0.3 is 5.97 Å². The molecule has 6 heteroatoms. The number of thiophene rings is 1.